The summed E-state index contributed by atoms with van der Waals surface area (Å²) >= 11 is 0. The molecule has 0 fully saturated rings. The van der Waals surface area contributed by atoms with Gasteiger partial charge in [-0.3, -0.25) is 9.59 Å². The van der Waals surface area contributed by atoms with Crippen LogP contribution in [0.3, 0.4) is 0 Å². The van der Waals surface area contributed by atoms with Crippen LogP contribution in [-0.4, -0.2) is 16.7 Å². The number of pyridine rings is 1. The van der Waals surface area contributed by atoms with E-state index in [0.29, 0.717) is 11.3 Å². The summed E-state index contributed by atoms with van der Waals surface area (Å²) in [4.78, 5) is 28.1. The maximum atomic E-state index is 12.4. The third kappa shape index (κ3) is 4.58. The number of benzene rings is 2. The molecule has 2 aromatic carbocycles. The number of rotatable bonds is 5. The number of Topliss-reactive ketones (excluding diaryl/α,β-unsaturated/α-hetero) is 1. The SMILES string of the molecule is CC(=O)c1cccc(Nc2ccc(C(=O)Nc3ccc(C)c(C)c3)nc2)c1. The van der Waals surface area contributed by atoms with Gasteiger partial charge in [-0.2, -0.15) is 0 Å². The van der Waals surface area contributed by atoms with E-state index >= 15 is 0 Å². The second kappa shape index (κ2) is 7.83. The maximum Gasteiger partial charge on any atom is 0.274 e. The van der Waals surface area contributed by atoms with E-state index < -0.39 is 0 Å². The second-order valence-corrected chi connectivity index (χ2v) is 6.45. The van der Waals surface area contributed by atoms with Crippen molar-refractivity contribution >= 4 is 28.8 Å². The minimum Gasteiger partial charge on any atom is -0.354 e. The van der Waals surface area contributed by atoms with Crippen molar-refractivity contribution in [2.75, 3.05) is 10.6 Å². The van der Waals surface area contributed by atoms with E-state index in [1.165, 1.54) is 12.5 Å². The fourth-order valence-electron chi connectivity index (χ4n) is 2.60. The van der Waals surface area contributed by atoms with Crippen molar-refractivity contribution < 1.29 is 9.59 Å². The number of anilines is 3. The van der Waals surface area contributed by atoms with Crippen LogP contribution in [0.4, 0.5) is 17.1 Å². The number of aryl methyl sites for hydroxylation is 2. The molecule has 0 unspecified atom stereocenters. The number of nitrogens with zero attached hydrogens (tertiary/aromatic N) is 1. The first-order valence-electron chi connectivity index (χ1n) is 8.65. The van der Waals surface area contributed by atoms with E-state index in [0.717, 1.165) is 22.6 Å². The number of hydrogen-bond acceptors (Lipinski definition) is 4. The molecule has 136 valence electrons. The molecule has 1 aromatic heterocycles. The Morgan fingerprint density at radius 2 is 1.63 bits per heavy atom. The molecule has 0 aliphatic rings. The lowest BCUT2D eigenvalue weighted by Crippen LogP contribution is -2.13. The lowest BCUT2D eigenvalue weighted by molar-refractivity contribution is 0.101. The Bertz CT molecular complexity index is 995. The van der Waals surface area contributed by atoms with Crippen LogP contribution in [0.15, 0.2) is 60.8 Å². The molecule has 1 heterocycles. The van der Waals surface area contributed by atoms with E-state index in [1.807, 2.05) is 44.2 Å². The molecule has 0 atom stereocenters. The van der Waals surface area contributed by atoms with Gasteiger partial charge in [-0.05, 0) is 68.3 Å². The minimum absolute atomic E-state index is 0.00939. The fourth-order valence-corrected chi connectivity index (χ4v) is 2.60. The summed E-state index contributed by atoms with van der Waals surface area (Å²) in [6.07, 6.45) is 1.59. The number of carbonyl (C=O) groups excluding carboxylic acids is 2. The summed E-state index contributed by atoms with van der Waals surface area (Å²) in [6, 6.07) is 16.5. The van der Waals surface area contributed by atoms with E-state index in [-0.39, 0.29) is 11.7 Å². The van der Waals surface area contributed by atoms with Gasteiger partial charge in [-0.25, -0.2) is 4.98 Å². The number of carbonyl (C=O) groups is 2. The normalized spacial score (nSPS) is 10.3. The summed E-state index contributed by atoms with van der Waals surface area (Å²) in [5, 5.41) is 6.04. The molecule has 0 radical (unpaired) electrons. The molecule has 0 aliphatic heterocycles. The molecule has 0 spiro atoms. The molecule has 27 heavy (non-hydrogen) atoms. The summed E-state index contributed by atoms with van der Waals surface area (Å²) < 4.78 is 0. The molecule has 5 heteroatoms. The molecule has 1 amide bonds. The Labute approximate surface area is 158 Å². The van der Waals surface area contributed by atoms with Crippen LogP contribution in [0, 0.1) is 13.8 Å². The van der Waals surface area contributed by atoms with Crippen LogP contribution in [-0.2, 0) is 0 Å². The molecule has 0 bridgehead atoms. The van der Waals surface area contributed by atoms with Crippen molar-refractivity contribution in [1.82, 2.24) is 4.98 Å². The predicted molar refractivity (Wildman–Crippen MR) is 108 cm³/mol. The molecular weight excluding hydrogens is 338 g/mol. The third-order valence-corrected chi connectivity index (χ3v) is 4.32. The van der Waals surface area contributed by atoms with Crippen molar-refractivity contribution in [3.05, 3.63) is 83.2 Å². The van der Waals surface area contributed by atoms with E-state index in [1.54, 1.807) is 30.5 Å². The summed E-state index contributed by atoms with van der Waals surface area (Å²) in [5.41, 5.74) is 5.53. The van der Waals surface area contributed by atoms with Gasteiger partial charge in [0.25, 0.3) is 5.91 Å². The van der Waals surface area contributed by atoms with Gasteiger partial charge in [0.1, 0.15) is 5.69 Å². The quantitative estimate of drug-likeness (QED) is 0.636. The van der Waals surface area contributed by atoms with Crippen molar-refractivity contribution in [3.63, 3.8) is 0 Å². The largest absolute Gasteiger partial charge is 0.354 e. The highest BCUT2D eigenvalue weighted by Crippen LogP contribution is 2.19. The Morgan fingerprint density at radius 1 is 0.852 bits per heavy atom. The maximum absolute atomic E-state index is 12.4. The van der Waals surface area contributed by atoms with Crippen LogP contribution in [0.5, 0.6) is 0 Å². The van der Waals surface area contributed by atoms with Gasteiger partial charge in [0.15, 0.2) is 5.78 Å². The fraction of sp³-hybridized carbons (Fsp3) is 0.136. The lowest BCUT2D eigenvalue weighted by Gasteiger charge is -2.09. The standard InChI is InChI=1S/C22H21N3O2/c1-14-7-8-19(11-15(14)2)25-22(27)21-10-9-20(13-23-21)24-18-6-4-5-17(12-18)16(3)26/h4-13,24H,1-3H3,(H,25,27). The number of nitrogens with one attached hydrogen (secondary N) is 2. The molecule has 3 aromatic rings. The van der Waals surface area contributed by atoms with Crippen LogP contribution >= 0.6 is 0 Å². The van der Waals surface area contributed by atoms with Gasteiger partial charge < -0.3 is 10.6 Å². The average Bonchev–Trinajstić information content (AvgIpc) is 2.65. The highest BCUT2D eigenvalue weighted by Gasteiger charge is 2.09. The van der Waals surface area contributed by atoms with Crippen molar-refractivity contribution in [3.8, 4) is 0 Å². The van der Waals surface area contributed by atoms with E-state index in [4.69, 9.17) is 0 Å². The number of aromatic nitrogens is 1. The zero-order valence-electron chi connectivity index (χ0n) is 15.5. The number of ketones is 1. The molecular formula is C22H21N3O2. The highest BCUT2D eigenvalue weighted by atomic mass is 16.2. The molecule has 2 N–H and O–H groups in total. The topological polar surface area (TPSA) is 71.1 Å². The van der Waals surface area contributed by atoms with Crippen LogP contribution in [0.25, 0.3) is 0 Å². The molecule has 0 aliphatic carbocycles. The zero-order valence-corrected chi connectivity index (χ0v) is 15.5. The molecule has 5 nitrogen and oxygen atoms in total. The zero-order chi connectivity index (χ0) is 19.4. The molecule has 0 saturated heterocycles. The van der Waals surface area contributed by atoms with Gasteiger partial charge in [0.05, 0.1) is 11.9 Å². The molecule has 3 rings (SSSR count). The average molecular weight is 359 g/mol. The minimum atomic E-state index is -0.261. The Morgan fingerprint density at radius 3 is 2.30 bits per heavy atom. The first kappa shape index (κ1) is 18.3. The van der Waals surface area contributed by atoms with Gasteiger partial charge >= 0.3 is 0 Å². The van der Waals surface area contributed by atoms with Gasteiger partial charge in [-0.1, -0.05) is 18.2 Å². The van der Waals surface area contributed by atoms with Gasteiger partial charge in [0.2, 0.25) is 0 Å². The summed E-state index contributed by atoms with van der Waals surface area (Å²) in [6.45, 7) is 5.56. The number of hydrogen-bond donors (Lipinski definition) is 2. The Balaban J connectivity index is 1.69. The van der Waals surface area contributed by atoms with Crippen molar-refractivity contribution in [1.29, 1.82) is 0 Å². The van der Waals surface area contributed by atoms with Crippen LogP contribution in [0.1, 0.15) is 38.9 Å². The van der Waals surface area contributed by atoms with E-state index in [2.05, 4.69) is 15.6 Å². The van der Waals surface area contributed by atoms with Gasteiger partial charge in [-0.15, -0.1) is 0 Å². The van der Waals surface area contributed by atoms with E-state index in [9.17, 15) is 9.59 Å². The van der Waals surface area contributed by atoms with Gasteiger partial charge in [0, 0.05) is 16.9 Å². The highest BCUT2D eigenvalue weighted by molar-refractivity contribution is 6.03. The van der Waals surface area contributed by atoms with Crippen molar-refractivity contribution in [2.45, 2.75) is 20.8 Å². The first-order valence-corrected chi connectivity index (χ1v) is 8.65. The summed E-state index contributed by atoms with van der Waals surface area (Å²) in [7, 11) is 0. The monoisotopic (exact) mass is 359 g/mol. The third-order valence-electron chi connectivity index (χ3n) is 4.32. The summed E-state index contributed by atoms with van der Waals surface area (Å²) in [5.74, 6) is -0.251. The smallest absolute Gasteiger partial charge is 0.274 e. The number of amides is 1. The molecule has 0 saturated carbocycles. The van der Waals surface area contributed by atoms with Crippen LogP contribution < -0.4 is 10.6 Å². The second-order valence-electron chi connectivity index (χ2n) is 6.45. The predicted octanol–water partition coefficient (Wildman–Crippen LogP) is 4.90. The van der Waals surface area contributed by atoms with Crippen LogP contribution in [0.2, 0.25) is 0 Å². The lowest BCUT2D eigenvalue weighted by atomic mass is 10.1. The Kier molecular flexibility index (Phi) is 5.31. The Hall–Kier alpha value is -3.47. The van der Waals surface area contributed by atoms with Crippen molar-refractivity contribution in [2.24, 2.45) is 0 Å². The first-order chi connectivity index (χ1) is 12.9.